The maximum absolute atomic E-state index is 6.11. The third kappa shape index (κ3) is 2.01. The van der Waals surface area contributed by atoms with Crippen LogP contribution in [-0.4, -0.2) is 24.6 Å². The average Bonchev–Trinajstić information content (AvgIpc) is 2.81. The molecule has 0 amide bonds. The summed E-state index contributed by atoms with van der Waals surface area (Å²) in [4.78, 5) is 8.39. The van der Waals surface area contributed by atoms with E-state index in [0.29, 0.717) is 16.6 Å². The fourth-order valence-electron chi connectivity index (χ4n) is 1.90. The van der Waals surface area contributed by atoms with E-state index in [2.05, 4.69) is 36.1 Å². The van der Waals surface area contributed by atoms with Gasteiger partial charge in [-0.1, -0.05) is 11.6 Å². The maximum Gasteiger partial charge on any atom is 0.199 e. The summed E-state index contributed by atoms with van der Waals surface area (Å²) < 4.78 is 2.78. The lowest BCUT2D eigenvalue weighted by molar-refractivity contribution is 0.998. The van der Waals surface area contributed by atoms with Gasteiger partial charge in [-0.25, -0.2) is 4.98 Å². The first-order valence-corrected chi connectivity index (χ1v) is 6.74. The fraction of sp³-hybridized carbons (Fsp3) is 0.167. The molecule has 0 spiro atoms. The lowest BCUT2D eigenvalue weighted by Crippen LogP contribution is -2.01. The number of pyridine rings is 1. The van der Waals surface area contributed by atoms with Crippen LogP contribution in [0.25, 0.3) is 17.0 Å². The molecule has 19 heavy (non-hydrogen) atoms. The molecule has 3 heterocycles. The molecule has 5 nitrogen and oxygen atoms in total. The molecule has 0 N–H and O–H groups in total. The van der Waals surface area contributed by atoms with E-state index in [1.165, 1.54) is 0 Å². The van der Waals surface area contributed by atoms with E-state index < -0.39 is 0 Å². The van der Waals surface area contributed by atoms with Crippen molar-refractivity contribution in [3.8, 4) is 11.4 Å². The highest BCUT2D eigenvalue weighted by atomic mass is 79.9. The van der Waals surface area contributed by atoms with Crippen molar-refractivity contribution in [2.45, 2.75) is 13.8 Å². The second-order valence-corrected chi connectivity index (χ2v) is 5.42. The van der Waals surface area contributed by atoms with Gasteiger partial charge in [0.25, 0.3) is 0 Å². The molecular formula is C12H9BrClN5. The standard InChI is InChI=1S/C12H9BrClN5/c1-6-7(2)19-11(8-3-9(13)5-15-4-8)17-18-12(19)10(14)16-6/h3-5H,1-2H3. The molecule has 0 aliphatic carbocycles. The van der Waals surface area contributed by atoms with Crippen molar-refractivity contribution in [3.63, 3.8) is 0 Å². The Bertz CT molecular complexity index is 783. The fourth-order valence-corrected chi connectivity index (χ4v) is 2.51. The van der Waals surface area contributed by atoms with E-state index in [9.17, 15) is 0 Å². The minimum atomic E-state index is 0.352. The van der Waals surface area contributed by atoms with Crippen LogP contribution in [0.3, 0.4) is 0 Å². The van der Waals surface area contributed by atoms with Crippen LogP contribution in [0.15, 0.2) is 22.9 Å². The van der Waals surface area contributed by atoms with Gasteiger partial charge < -0.3 is 0 Å². The number of hydrogen-bond acceptors (Lipinski definition) is 4. The van der Waals surface area contributed by atoms with Gasteiger partial charge in [-0.05, 0) is 35.8 Å². The van der Waals surface area contributed by atoms with Crippen molar-refractivity contribution in [2.24, 2.45) is 0 Å². The first kappa shape index (κ1) is 12.5. The zero-order valence-electron chi connectivity index (χ0n) is 10.2. The number of aryl methyl sites for hydroxylation is 2. The summed E-state index contributed by atoms with van der Waals surface area (Å²) in [6.07, 6.45) is 3.46. The molecule has 0 atom stereocenters. The van der Waals surface area contributed by atoms with Crippen LogP contribution >= 0.6 is 27.5 Å². The number of nitrogens with zero attached hydrogens (tertiary/aromatic N) is 5. The molecule has 0 aliphatic heterocycles. The Morgan fingerprint density at radius 3 is 2.74 bits per heavy atom. The van der Waals surface area contributed by atoms with Gasteiger partial charge in [0, 0.05) is 28.1 Å². The second-order valence-electron chi connectivity index (χ2n) is 4.15. The summed E-state index contributed by atoms with van der Waals surface area (Å²) in [5.74, 6) is 0.703. The summed E-state index contributed by atoms with van der Waals surface area (Å²) >= 11 is 9.51. The third-order valence-corrected chi connectivity index (χ3v) is 3.62. The molecule has 0 saturated carbocycles. The predicted molar refractivity (Wildman–Crippen MR) is 76.2 cm³/mol. The number of fused-ring (bicyclic) bond motifs is 1. The van der Waals surface area contributed by atoms with Crippen LogP contribution in [0, 0.1) is 13.8 Å². The molecule has 96 valence electrons. The van der Waals surface area contributed by atoms with Crippen LogP contribution in [0.2, 0.25) is 5.15 Å². The minimum Gasteiger partial charge on any atom is -0.275 e. The largest absolute Gasteiger partial charge is 0.275 e. The summed E-state index contributed by atoms with van der Waals surface area (Å²) in [5.41, 5.74) is 3.23. The van der Waals surface area contributed by atoms with Crippen LogP contribution in [0.4, 0.5) is 0 Å². The molecule has 0 aliphatic rings. The van der Waals surface area contributed by atoms with Gasteiger partial charge in [0.2, 0.25) is 0 Å². The third-order valence-electron chi connectivity index (χ3n) is 2.94. The first-order chi connectivity index (χ1) is 9.08. The quantitative estimate of drug-likeness (QED) is 0.683. The summed E-state index contributed by atoms with van der Waals surface area (Å²) in [6, 6.07) is 1.94. The Labute approximate surface area is 122 Å². The highest BCUT2D eigenvalue weighted by molar-refractivity contribution is 9.10. The van der Waals surface area contributed by atoms with E-state index in [4.69, 9.17) is 11.6 Å². The zero-order chi connectivity index (χ0) is 13.6. The normalized spacial score (nSPS) is 11.2. The Morgan fingerprint density at radius 2 is 2.00 bits per heavy atom. The molecule has 0 radical (unpaired) electrons. The van der Waals surface area contributed by atoms with Crippen LogP contribution in [0.5, 0.6) is 0 Å². The molecule has 0 saturated heterocycles. The highest BCUT2D eigenvalue weighted by Gasteiger charge is 2.15. The minimum absolute atomic E-state index is 0.352. The maximum atomic E-state index is 6.11. The van der Waals surface area contributed by atoms with Gasteiger partial charge in [0.1, 0.15) is 0 Å². The Balaban J connectivity index is 2.37. The van der Waals surface area contributed by atoms with Crippen LogP contribution in [0.1, 0.15) is 11.4 Å². The summed E-state index contributed by atoms with van der Waals surface area (Å²) in [7, 11) is 0. The van der Waals surface area contributed by atoms with Gasteiger partial charge in [-0.15, -0.1) is 10.2 Å². The smallest absolute Gasteiger partial charge is 0.199 e. The number of rotatable bonds is 1. The van der Waals surface area contributed by atoms with Crippen LogP contribution in [-0.2, 0) is 0 Å². The summed E-state index contributed by atoms with van der Waals surface area (Å²) in [5, 5.41) is 8.65. The van der Waals surface area contributed by atoms with Crippen molar-refractivity contribution in [3.05, 3.63) is 39.5 Å². The van der Waals surface area contributed by atoms with Crippen molar-refractivity contribution in [1.82, 2.24) is 24.6 Å². The second kappa shape index (κ2) is 4.54. The summed E-state index contributed by atoms with van der Waals surface area (Å²) in [6.45, 7) is 3.87. The van der Waals surface area contributed by atoms with Gasteiger partial charge in [-0.3, -0.25) is 9.38 Å². The van der Waals surface area contributed by atoms with Crippen molar-refractivity contribution in [1.29, 1.82) is 0 Å². The Hall–Kier alpha value is -1.53. The molecule has 0 fully saturated rings. The number of hydrogen-bond donors (Lipinski definition) is 0. The topological polar surface area (TPSA) is 56.0 Å². The molecule has 3 aromatic heterocycles. The van der Waals surface area contributed by atoms with Crippen LogP contribution < -0.4 is 0 Å². The van der Waals surface area contributed by atoms with Crippen molar-refractivity contribution >= 4 is 33.2 Å². The lowest BCUT2D eigenvalue weighted by Gasteiger charge is -2.07. The van der Waals surface area contributed by atoms with E-state index in [1.807, 2.05) is 24.3 Å². The monoisotopic (exact) mass is 337 g/mol. The van der Waals surface area contributed by atoms with Gasteiger partial charge in [0.15, 0.2) is 16.6 Å². The van der Waals surface area contributed by atoms with Crippen molar-refractivity contribution in [2.75, 3.05) is 0 Å². The Kier molecular flexibility index (Phi) is 2.99. The van der Waals surface area contributed by atoms with E-state index >= 15 is 0 Å². The number of halogens is 2. The molecular weight excluding hydrogens is 330 g/mol. The average molecular weight is 339 g/mol. The predicted octanol–water partition coefficient (Wildman–Crippen LogP) is 3.22. The molecule has 7 heteroatoms. The van der Waals surface area contributed by atoms with E-state index in [1.54, 1.807) is 12.4 Å². The van der Waals surface area contributed by atoms with Gasteiger partial charge >= 0.3 is 0 Å². The zero-order valence-corrected chi connectivity index (χ0v) is 12.6. The SMILES string of the molecule is Cc1nc(Cl)c2nnc(-c3cncc(Br)c3)n2c1C. The molecule has 0 bridgehead atoms. The molecule has 3 rings (SSSR count). The van der Waals surface area contributed by atoms with E-state index in [0.717, 1.165) is 21.4 Å². The number of aromatic nitrogens is 5. The van der Waals surface area contributed by atoms with Gasteiger partial charge in [0.05, 0.1) is 5.69 Å². The lowest BCUT2D eigenvalue weighted by atomic mass is 10.2. The Morgan fingerprint density at radius 1 is 1.21 bits per heavy atom. The first-order valence-electron chi connectivity index (χ1n) is 5.56. The molecule has 0 aromatic carbocycles. The molecule has 0 unspecified atom stereocenters. The van der Waals surface area contributed by atoms with Crippen molar-refractivity contribution < 1.29 is 0 Å². The van der Waals surface area contributed by atoms with Gasteiger partial charge in [-0.2, -0.15) is 0 Å². The van der Waals surface area contributed by atoms with E-state index in [-0.39, 0.29) is 0 Å². The highest BCUT2D eigenvalue weighted by Crippen LogP contribution is 2.25. The molecule has 3 aromatic rings.